The molecule has 2 fully saturated rings. The largest absolute Gasteiger partial charge is 0.469 e. The van der Waals surface area contributed by atoms with Crippen molar-refractivity contribution in [1.29, 1.82) is 0 Å². The Labute approximate surface area is 265 Å². The molecule has 0 spiro atoms. The summed E-state index contributed by atoms with van der Waals surface area (Å²) < 4.78 is 55.6. The predicted molar refractivity (Wildman–Crippen MR) is 148 cm³/mol. The second-order valence-corrected chi connectivity index (χ2v) is 10.3. The van der Waals surface area contributed by atoms with Gasteiger partial charge in [-0.25, -0.2) is 0 Å². The average molecular weight is 661 g/mol. The third-order valence-corrected chi connectivity index (χ3v) is 6.57. The smallest absolute Gasteiger partial charge is 0.308 e. The average Bonchev–Trinajstić information content (AvgIpc) is 2.93. The van der Waals surface area contributed by atoms with Crippen LogP contribution in [0.15, 0.2) is 12.7 Å². The highest BCUT2D eigenvalue weighted by molar-refractivity contribution is 5.71. The van der Waals surface area contributed by atoms with E-state index in [1.165, 1.54) is 6.08 Å². The first kappa shape index (κ1) is 38.1. The molecule has 258 valence electrons. The maximum Gasteiger partial charge on any atom is 0.308 e. The SMILES string of the molecule is C=CC[C@H]1O[C@H](CC(=O)OC)[C@@H](OC(C)=O)[C@H](O[C@H]2O[C@H](COC(C)=O)[C@@H](OC(C)=O)[C@H](OC(C)=O)[C@@H]2OC(C)=O)[C@@H]1OC(C)=O. The minimum atomic E-state index is -1.75. The van der Waals surface area contributed by atoms with Crippen LogP contribution in [0.25, 0.3) is 0 Å². The topological polar surface area (TPSA) is 212 Å². The lowest BCUT2D eigenvalue weighted by molar-refractivity contribution is -0.343. The zero-order valence-corrected chi connectivity index (χ0v) is 26.6. The van der Waals surface area contributed by atoms with Crippen molar-refractivity contribution in [2.75, 3.05) is 13.7 Å². The van der Waals surface area contributed by atoms with Gasteiger partial charge < -0.3 is 47.4 Å². The van der Waals surface area contributed by atoms with Crippen LogP contribution in [-0.4, -0.2) is 117 Å². The summed E-state index contributed by atoms with van der Waals surface area (Å²) in [7, 11) is 1.14. The Bertz CT molecular complexity index is 1150. The Kier molecular flexibility index (Phi) is 14.5. The van der Waals surface area contributed by atoms with Gasteiger partial charge in [0.25, 0.3) is 0 Å². The maximum absolute atomic E-state index is 12.3. The number of carbonyl (C=O) groups excluding carboxylic acids is 7. The van der Waals surface area contributed by atoms with Crippen molar-refractivity contribution < 1.29 is 80.9 Å². The van der Waals surface area contributed by atoms with E-state index >= 15 is 0 Å². The van der Waals surface area contributed by atoms with E-state index in [0.717, 1.165) is 48.7 Å². The highest BCUT2D eigenvalue weighted by Crippen LogP contribution is 2.36. The van der Waals surface area contributed by atoms with E-state index in [0.29, 0.717) is 0 Å². The molecule has 46 heavy (non-hydrogen) atoms. The minimum absolute atomic E-state index is 0.0564. The predicted octanol–water partition coefficient (Wildman–Crippen LogP) is 0.225. The van der Waals surface area contributed by atoms with E-state index in [1.807, 2.05) is 0 Å². The van der Waals surface area contributed by atoms with Gasteiger partial charge in [-0.05, 0) is 6.42 Å². The van der Waals surface area contributed by atoms with E-state index in [9.17, 15) is 33.6 Å². The number of methoxy groups -OCH3 is 1. The molecular formula is C29H40O17. The zero-order chi connectivity index (χ0) is 34.7. The van der Waals surface area contributed by atoms with Gasteiger partial charge in [-0.3, -0.25) is 33.6 Å². The molecule has 0 amide bonds. The molecule has 2 heterocycles. The molecule has 0 aromatic carbocycles. The van der Waals surface area contributed by atoms with Crippen molar-refractivity contribution in [3.8, 4) is 0 Å². The molecule has 2 aliphatic heterocycles. The summed E-state index contributed by atoms with van der Waals surface area (Å²) in [6, 6.07) is 0. The molecule has 0 unspecified atom stereocenters. The number of hydrogen-bond acceptors (Lipinski definition) is 17. The van der Waals surface area contributed by atoms with Gasteiger partial charge in [-0.2, -0.15) is 0 Å². The van der Waals surface area contributed by atoms with Gasteiger partial charge in [0.05, 0.1) is 13.5 Å². The van der Waals surface area contributed by atoms with E-state index in [2.05, 4.69) is 6.58 Å². The summed E-state index contributed by atoms with van der Waals surface area (Å²) >= 11 is 0. The molecule has 2 saturated heterocycles. The number of rotatable bonds is 13. The van der Waals surface area contributed by atoms with Crippen LogP contribution in [0, 0.1) is 0 Å². The van der Waals surface area contributed by atoms with Crippen molar-refractivity contribution >= 4 is 41.8 Å². The Hall–Kier alpha value is -4.09. The fourth-order valence-electron chi connectivity index (χ4n) is 5.03. The van der Waals surface area contributed by atoms with E-state index in [1.54, 1.807) is 0 Å². The standard InChI is InChI=1S/C29H40O17/c1-9-10-19-23(39-14(3)31)26(24(40-15(4)32)20(44-19)11-22(36)37-8)46-29-28(43-18(7)35)27(42-17(6)34)25(41-16(5)33)21(45-29)12-38-13(2)30/h9,19-21,23-29H,1,10-12H2,2-8H3/t19-,20-,21-,23-,24-,25-,26-,27+,28+,29-/m1/s1. The van der Waals surface area contributed by atoms with Crippen molar-refractivity contribution in [3.63, 3.8) is 0 Å². The summed E-state index contributed by atoms with van der Waals surface area (Å²) in [5.41, 5.74) is 0. The Morgan fingerprint density at radius 1 is 0.587 bits per heavy atom. The first-order valence-electron chi connectivity index (χ1n) is 14.2. The van der Waals surface area contributed by atoms with Crippen molar-refractivity contribution in [2.45, 2.75) is 116 Å². The number of carbonyl (C=O) groups is 7. The minimum Gasteiger partial charge on any atom is -0.469 e. The number of hydrogen-bond donors (Lipinski definition) is 0. The van der Waals surface area contributed by atoms with Crippen LogP contribution in [0.5, 0.6) is 0 Å². The summed E-state index contributed by atoms with van der Waals surface area (Å²) in [4.78, 5) is 85.2. The lowest BCUT2D eigenvalue weighted by Gasteiger charge is -2.49. The van der Waals surface area contributed by atoms with Gasteiger partial charge in [-0.15, -0.1) is 6.58 Å². The fraction of sp³-hybridized carbons (Fsp3) is 0.690. The van der Waals surface area contributed by atoms with Gasteiger partial charge in [0.2, 0.25) is 0 Å². The molecule has 17 heteroatoms. The van der Waals surface area contributed by atoms with Crippen molar-refractivity contribution in [1.82, 2.24) is 0 Å². The molecule has 2 aliphatic rings. The van der Waals surface area contributed by atoms with Crippen molar-refractivity contribution in [2.24, 2.45) is 0 Å². The van der Waals surface area contributed by atoms with Crippen LogP contribution in [0.1, 0.15) is 54.4 Å². The quantitative estimate of drug-likeness (QED) is 0.147. The van der Waals surface area contributed by atoms with Crippen LogP contribution in [0.4, 0.5) is 0 Å². The second kappa shape index (κ2) is 17.6. The summed E-state index contributed by atoms with van der Waals surface area (Å²) in [6.07, 6.45) is -13.3. The first-order valence-corrected chi connectivity index (χ1v) is 14.2. The van der Waals surface area contributed by atoms with E-state index in [4.69, 9.17) is 47.4 Å². The molecule has 0 radical (unpaired) electrons. The summed E-state index contributed by atoms with van der Waals surface area (Å²) in [6.45, 7) is 9.59. The van der Waals surface area contributed by atoms with Crippen LogP contribution in [0.3, 0.4) is 0 Å². The maximum atomic E-state index is 12.3. The molecular weight excluding hydrogens is 620 g/mol. The molecule has 0 aromatic heterocycles. The van der Waals surface area contributed by atoms with Crippen LogP contribution >= 0.6 is 0 Å². The lowest BCUT2D eigenvalue weighted by Crippen LogP contribution is -2.67. The van der Waals surface area contributed by atoms with Gasteiger partial charge in [0, 0.05) is 41.5 Å². The van der Waals surface area contributed by atoms with Gasteiger partial charge >= 0.3 is 41.8 Å². The van der Waals surface area contributed by atoms with Crippen LogP contribution in [-0.2, 0) is 80.9 Å². The third-order valence-electron chi connectivity index (χ3n) is 6.57. The molecule has 0 saturated carbocycles. The number of esters is 7. The van der Waals surface area contributed by atoms with Crippen molar-refractivity contribution in [3.05, 3.63) is 12.7 Å². The molecule has 0 bridgehead atoms. The molecule has 17 nitrogen and oxygen atoms in total. The Morgan fingerprint density at radius 2 is 1.04 bits per heavy atom. The normalized spacial score (nSPS) is 30.5. The molecule has 10 atom stereocenters. The van der Waals surface area contributed by atoms with E-state index < -0.39 is 116 Å². The summed E-state index contributed by atoms with van der Waals surface area (Å²) in [5.74, 6) is -5.71. The van der Waals surface area contributed by atoms with Gasteiger partial charge in [0.15, 0.2) is 36.8 Å². The van der Waals surface area contributed by atoms with Gasteiger partial charge in [0.1, 0.15) is 31.0 Å². The fourth-order valence-corrected chi connectivity index (χ4v) is 5.03. The highest BCUT2D eigenvalue weighted by Gasteiger charge is 2.57. The molecule has 0 aliphatic carbocycles. The van der Waals surface area contributed by atoms with E-state index in [-0.39, 0.29) is 6.42 Å². The molecule has 0 aromatic rings. The Morgan fingerprint density at radius 3 is 1.50 bits per heavy atom. The number of ether oxygens (including phenoxy) is 10. The first-order chi connectivity index (χ1) is 21.6. The highest BCUT2D eigenvalue weighted by atomic mass is 16.8. The van der Waals surface area contributed by atoms with Crippen LogP contribution in [0.2, 0.25) is 0 Å². The lowest BCUT2D eigenvalue weighted by atomic mass is 9.90. The summed E-state index contributed by atoms with van der Waals surface area (Å²) in [5, 5.41) is 0. The third kappa shape index (κ3) is 11.1. The van der Waals surface area contributed by atoms with Crippen LogP contribution < -0.4 is 0 Å². The molecule has 0 N–H and O–H groups in total. The second-order valence-electron chi connectivity index (χ2n) is 10.3. The zero-order valence-electron chi connectivity index (χ0n) is 26.6. The monoisotopic (exact) mass is 660 g/mol. The van der Waals surface area contributed by atoms with Gasteiger partial charge in [-0.1, -0.05) is 6.08 Å². The Balaban J connectivity index is 2.74. The molecule has 2 rings (SSSR count).